The van der Waals surface area contributed by atoms with Gasteiger partial charge >= 0.3 is 0 Å². The minimum absolute atomic E-state index is 0.483. The van der Waals surface area contributed by atoms with Crippen molar-refractivity contribution in [2.24, 2.45) is 0 Å². The van der Waals surface area contributed by atoms with Gasteiger partial charge in [-0.15, -0.1) is 16.4 Å². The second-order valence-electron chi connectivity index (χ2n) is 4.70. The van der Waals surface area contributed by atoms with Crippen molar-refractivity contribution in [3.63, 3.8) is 0 Å². The Labute approximate surface area is 126 Å². The molecule has 7 heteroatoms. The zero-order valence-corrected chi connectivity index (χ0v) is 12.9. The maximum atomic E-state index is 5.52. The predicted octanol–water partition coefficient (Wildman–Crippen LogP) is 3.13. The summed E-state index contributed by atoms with van der Waals surface area (Å²) in [6.07, 6.45) is 1.63. The molecule has 0 amide bonds. The lowest BCUT2D eigenvalue weighted by atomic mass is 10.2. The van der Waals surface area contributed by atoms with Crippen LogP contribution in [-0.4, -0.2) is 20.2 Å². The second-order valence-corrected chi connectivity index (χ2v) is 5.77. The van der Waals surface area contributed by atoms with Gasteiger partial charge in [-0.25, -0.2) is 9.97 Å². The van der Waals surface area contributed by atoms with Crippen LogP contribution >= 0.6 is 11.3 Å². The van der Waals surface area contributed by atoms with Gasteiger partial charge in [0.2, 0.25) is 5.95 Å². The number of furan rings is 1. The molecule has 0 saturated carbocycles. The molecule has 0 aliphatic rings. The highest BCUT2D eigenvalue weighted by molar-refractivity contribution is 7.09. The van der Waals surface area contributed by atoms with E-state index in [1.165, 1.54) is 0 Å². The summed E-state index contributed by atoms with van der Waals surface area (Å²) in [5.74, 6) is 2.17. The maximum absolute atomic E-state index is 5.52. The molecule has 0 bridgehead atoms. The van der Waals surface area contributed by atoms with Crippen LogP contribution in [0, 0.1) is 20.8 Å². The highest BCUT2D eigenvalue weighted by Crippen LogP contribution is 2.24. The van der Waals surface area contributed by atoms with E-state index in [1.54, 1.807) is 17.5 Å². The molecule has 0 saturated heterocycles. The number of anilines is 1. The molecule has 0 unspecified atom stereocenters. The van der Waals surface area contributed by atoms with Gasteiger partial charge in [-0.3, -0.25) is 0 Å². The molecule has 0 radical (unpaired) electrons. The van der Waals surface area contributed by atoms with Crippen molar-refractivity contribution in [1.82, 2.24) is 20.2 Å². The van der Waals surface area contributed by atoms with Crippen molar-refractivity contribution in [2.75, 3.05) is 5.32 Å². The first-order valence-corrected chi connectivity index (χ1v) is 7.42. The van der Waals surface area contributed by atoms with Crippen LogP contribution in [0.5, 0.6) is 0 Å². The fraction of sp³-hybridized carbons (Fsp3) is 0.286. The predicted molar refractivity (Wildman–Crippen MR) is 81.2 cm³/mol. The summed E-state index contributed by atoms with van der Waals surface area (Å²) < 4.78 is 5.52. The molecule has 0 atom stereocenters. The zero-order valence-electron chi connectivity index (χ0n) is 12.0. The number of aromatic nitrogens is 4. The number of hydrogen-bond acceptors (Lipinski definition) is 7. The Bertz CT molecular complexity index is 764. The Hall–Kier alpha value is -2.28. The van der Waals surface area contributed by atoms with Gasteiger partial charge in [0.25, 0.3) is 0 Å². The van der Waals surface area contributed by atoms with Crippen molar-refractivity contribution in [2.45, 2.75) is 27.3 Å². The number of nitrogens with zero attached hydrogens (tertiary/aromatic N) is 4. The number of rotatable bonds is 4. The van der Waals surface area contributed by atoms with E-state index in [2.05, 4.69) is 25.5 Å². The minimum Gasteiger partial charge on any atom is -0.466 e. The fourth-order valence-corrected chi connectivity index (χ4v) is 2.66. The molecule has 3 aromatic rings. The van der Waals surface area contributed by atoms with E-state index >= 15 is 0 Å². The summed E-state index contributed by atoms with van der Waals surface area (Å²) in [5, 5.41) is 14.2. The molecule has 0 aromatic carbocycles. The van der Waals surface area contributed by atoms with E-state index in [1.807, 2.05) is 32.2 Å². The normalized spacial score (nSPS) is 10.8. The average Bonchev–Trinajstić information content (AvgIpc) is 3.02. The van der Waals surface area contributed by atoms with Crippen molar-refractivity contribution in [3.05, 3.63) is 39.9 Å². The molecule has 1 N–H and O–H groups in total. The first-order chi connectivity index (χ1) is 10.1. The summed E-state index contributed by atoms with van der Waals surface area (Å²) in [4.78, 5) is 8.86. The second kappa shape index (κ2) is 5.61. The van der Waals surface area contributed by atoms with E-state index < -0.39 is 0 Å². The Balaban J connectivity index is 1.78. The molecule has 6 nitrogen and oxygen atoms in total. The molecule has 21 heavy (non-hydrogen) atoms. The van der Waals surface area contributed by atoms with Gasteiger partial charge in [-0.2, -0.15) is 5.10 Å². The van der Waals surface area contributed by atoms with Crippen LogP contribution < -0.4 is 5.32 Å². The van der Waals surface area contributed by atoms with E-state index in [-0.39, 0.29) is 0 Å². The van der Waals surface area contributed by atoms with E-state index in [0.29, 0.717) is 12.5 Å². The van der Waals surface area contributed by atoms with Crippen molar-refractivity contribution < 1.29 is 4.42 Å². The molecule has 3 aromatic heterocycles. The van der Waals surface area contributed by atoms with E-state index in [9.17, 15) is 0 Å². The molecule has 0 fully saturated rings. The molecular weight excluding hydrogens is 286 g/mol. The zero-order chi connectivity index (χ0) is 14.8. The van der Waals surface area contributed by atoms with Gasteiger partial charge in [0.1, 0.15) is 11.5 Å². The quantitative estimate of drug-likeness (QED) is 0.798. The Morgan fingerprint density at radius 2 is 2.10 bits per heavy atom. The fourth-order valence-electron chi connectivity index (χ4n) is 2.05. The summed E-state index contributed by atoms with van der Waals surface area (Å²) >= 11 is 1.62. The van der Waals surface area contributed by atoms with Gasteiger partial charge in [0.15, 0.2) is 0 Å². The lowest BCUT2D eigenvalue weighted by molar-refractivity contribution is 0.505. The highest BCUT2D eigenvalue weighted by Gasteiger charge is 2.10. The third-order valence-electron chi connectivity index (χ3n) is 2.97. The SMILES string of the molecule is Cc1cc(-c2cnnc(NCc3csc(C)n3)n2)c(C)o1. The first-order valence-electron chi connectivity index (χ1n) is 6.54. The average molecular weight is 301 g/mol. The lowest BCUT2D eigenvalue weighted by Crippen LogP contribution is -2.05. The van der Waals surface area contributed by atoms with Crippen LogP contribution in [0.25, 0.3) is 11.3 Å². The largest absolute Gasteiger partial charge is 0.466 e. The van der Waals surface area contributed by atoms with Gasteiger partial charge in [0, 0.05) is 10.9 Å². The first kappa shape index (κ1) is 13.7. The van der Waals surface area contributed by atoms with E-state index in [4.69, 9.17) is 4.42 Å². The number of thiazole rings is 1. The third kappa shape index (κ3) is 3.08. The summed E-state index contributed by atoms with van der Waals surface area (Å²) in [7, 11) is 0. The van der Waals surface area contributed by atoms with Crippen LogP contribution in [0.4, 0.5) is 5.95 Å². The number of hydrogen-bond donors (Lipinski definition) is 1. The molecule has 3 heterocycles. The Kier molecular flexibility index (Phi) is 3.66. The molecule has 108 valence electrons. The van der Waals surface area contributed by atoms with Crippen molar-refractivity contribution in [1.29, 1.82) is 0 Å². The monoisotopic (exact) mass is 301 g/mol. The minimum atomic E-state index is 0.483. The van der Waals surface area contributed by atoms with Gasteiger partial charge in [-0.1, -0.05) is 0 Å². The van der Waals surface area contributed by atoms with E-state index in [0.717, 1.165) is 33.5 Å². The number of aryl methyl sites for hydroxylation is 3. The van der Waals surface area contributed by atoms with Gasteiger partial charge < -0.3 is 9.73 Å². The summed E-state index contributed by atoms with van der Waals surface area (Å²) in [5.41, 5.74) is 2.66. The molecular formula is C14H15N5OS. The summed E-state index contributed by atoms with van der Waals surface area (Å²) in [6, 6.07) is 1.95. The highest BCUT2D eigenvalue weighted by atomic mass is 32.1. The topological polar surface area (TPSA) is 76.7 Å². The van der Waals surface area contributed by atoms with Crippen LogP contribution in [0.3, 0.4) is 0 Å². The molecule has 0 aliphatic carbocycles. The smallest absolute Gasteiger partial charge is 0.243 e. The lowest BCUT2D eigenvalue weighted by Gasteiger charge is -2.03. The van der Waals surface area contributed by atoms with Gasteiger partial charge in [0.05, 0.1) is 29.1 Å². The Morgan fingerprint density at radius 3 is 2.76 bits per heavy atom. The molecule has 3 rings (SSSR count). The maximum Gasteiger partial charge on any atom is 0.243 e. The van der Waals surface area contributed by atoms with Crippen LogP contribution in [0.1, 0.15) is 22.2 Å². The van der Waals surface area contributed by atoms with Crippen molar-refractivity contribution in [3.8, 4) is 11.3 Å². The standard InChI is InChI=1S/C14H15N5OS/c1-8-4-12(9(2)20-8)13-6-16-19-14(18-13)15-5-11-7-21-10(3)17-11/h4,6-7H,5H2,1-3H3,(H,15,18,19). The van der Waals surface area contributed by atoms with Crippen LogP contribution in [0.15, 0.2) is 22.1 Å². The van der Waals surface area contributed by atoms with Crippen molar-refractivity contribution >= 4 is 17.3 Å². The molecule has 0 spiro atoms. The third-order valence-corrected chi connectivity index (χ3v) is 3.79. The Morgan fingerprint density at radius 1 is 1.24 bits per heavy atom. The number of nitrogens with one attached hydrogen (secondary N) is 1. The van der Waals surface area contributed by atoms with Crippen LogP contribution in [0.2, 0.25) is 0 Å². The summed E-state index contributed by atoms with van der Waals surface area (Å²) in [6.45, 7) is 6.39. The van der Waals surface area contributed by atoms with Crippen LogP contribution in [-0.2, 0) is 6.54 Å². The molecule has 0 aliphatic heterocycles. The van der Waals surface area contributed by atoms with Gasteiger partial charge in [-0.05, 0) is 26.8 Å².